The van der Waals surface area contributed by atoms with E-state index < -0.39 is 42.7 Å². The van der Waals surface area contributed by atoms with E-state index in [9.17, 15) is 19.8 Å². The van der Waals surface area contributed by atoms with Gasteiger partial charge in [0.05, 0.1) is 6.61 Å². The second kappa shape index (κ2) is 7.11. The number of hydrogen-bond donors (Lipinski definition) is 4. The molecule has 0 saturated carbocycles. The summed E-state index contributed by atoms with van der Waals surface area (Å²) < 4.78 is 6.27. The molecule has 25 heavy (non-hydrogen) atoms. The maximum Gasteiger partial charge on any atom is 0.351 e. The van der Waals surface area contributed by atoms with Crippen molar-refractivity contribution in [3.63, 3.8) is 0 Å². The quantitative estimate of drug-likeness (QED) is 0.563. The number of anilines is 1. The van der Waals surface area contributed by atoms with Crippen molar-refractivity contribution >= 4 is 11.7 Å². The molecule has 2 aromatic rings. The number of aliphatic hydroxyl groups excluding tert-OH is 3. The van der Waals surface area contributed by atoms with E-state index in [1.165, 1.54) is 12.3 Å². The SMILES string of the molecule is O=C(Nc1ccn([C@H]2O[C@@H](CO)C(O)C2O)c(=O)n1)c1ccccc1. The number of hydrogen-bond acceptors (Lipinski definition) is 7. The van der Waals surface area contributed by atoms with Crippen LogP contribution in [0.15, 0.2) is 47.4 Å². The summed E-state index contributed by atoms with van der Waals surface area (Å²) in [6, 6.07) is 9.81. The van der Waals surface area contributed by atoms with Crippen molar-refractivity contribution in [1.29, 1.82) is 0 Å². The summed E-state index contributed by atoms with van der Waals surface area (Å²) in [4.78, 5) is 27.9. The van der Waals surface area contributed by atoms with Crippen LogP contribution >= 0.6 is 0 Å². The average molecular weight is 347 g/mol. The van der Waals surface area contributed by atoms with Gasteiger partial charge in [0, 0.05) is 11.8 Å². The van der Waals surface area contributed by atoms with Gasteiger partial charge in [-0.05, 0) is 18.2 Å². The van der Waals surface area contributed by atoms with Crippen molar-refractivity contribution in [2.45, 2.75) is 24.5 Å². The topological polar surface area (TPSA) is 134 Å². The minimum absolute atomic E-state index is 0.0434. The van der Waals surface area contributed by atoms with E-state index in [4.69, 9.17) is 9.84 Å². The molecule has 2 unspecified atom stereocenters. The average Bonchev–Trinajstić information content (AvgIpc) is 2.91. The number of carbonyl (C=O) groups is 1. The lowest BCUT2D eigenvalue weighted by Gasteiger charge is -2.17. The molecule has 1 aliphatic rings. The van der Waals surface area contributed by atoms with E-state index >= 15 is 0 Å². The molecule has 1 saturated heterocycles. The van der Waals surface area contributed by atoms with Gasteiger partial charge in [-0.2, -0.15) is 4.98 Å². The molecule has 4 atom stereocenters. The Hall–Kier alpha value is -2.59. The molecule has 132 valence electrons. The van der Waals surface area contributed by atoms with Crippen molar-refractivity contribution in [3.05, 3.63) is 58.6 Å². The zero-order chi connectivity index (χ0) is 18.0. The third kappa shape index (κ3) is 3.44. The highest BCUT2D eigenvalue weighted by Gasteiger charge is 2.43. The predicted octanol–water partition coefficient (Wildman–Crippen LogP) is -0.893. The molecular formula is C16H17N3O6. The first kappa shape index (κ1) is 17.2. The Morgan fingerprint density at radius 3 is 2.52 bits per heavy atom. The van der Waals surface area contributed by atoms with Crippen molar-refractivity contribution in [1.82, 2.24) is 9.55 Å². The largest absolute Gasteiger partial charge is 0.394 e. The lowest BCUT2D eigenvalue weighted by molar-refractivity contribution is -0.0549. The van der Waals surface area contributed by atoms with E-state index in [0.717, 1.165) is 4.57 Å². The van der Waals surface area contributed by atoms with E-state index in [2.05, 4.69) is 10.3 Å². The number of benzene rings is 1. The Morgan fingerprint density at radius 1 is 1.20 bits per heavy atom. The summed E-state index contributed by atoms with van der Waals surface area (Å²) in [6.07, 6.45) is -3.59. The van der Waals surface area contributed by atoms with Gasteiger partial charge in [0.25, 0.3) is 5.91 Å². The second-order valence-electron chi connectivity index (χ2n) is 5.55. The third-order valence-electron chi connectivity index (χ3n) is 3.90. The zero-order valence-electron chi connectivity index (χ0n) is 13.0. The van der Waals surface area contributed by atoms with Crippen LogP contribution in [0.4, 0.5) is 5.82 Å². The van der Waals surface area contributed by atoms with Crippen molar-refractivity contribution in [2.75, 3.05) is 11.9 Å². The molecule has 0 bridgehead atoms. The Morgan fingerprint density at radius 2 is 1.92 bits per heavy atom. The van der Waals surface area contributed by atoms with Gasteiger partial charge in [-0.25, -0.2) is 4.79 Å². The van der Waals surface area contributed by atoms with Crippen LogP contribution in [0.5, 0.6) is 0 Å². The molecule has 3 rings (SSSR count). The normalized spacial score (nSPS) is 25.7. The smallest absolute Gasteiger partial charge is 0.351 e. The molecule has 2 heterocycles. The first-order chi connectivity index (χ1) is 12.0. The van der Waals surface area contributed by atoms with Crippen LogP contribution in [0.2, 0.25) is 0 Å². The van der Waals surface area contributed by atoms with Gasteiger partial charge < -0.3 is 25.4 Å². The molecule has 0 spiro atoms. The van der Waals surface area contributed by atoms with Gasteiger partial charge in [0.15, 0.2) is 6.23 Å². The summed E-state index contributed by atoms with van der Waals surface area (Å²) in [5, 5.41) is 31.3. The molecule has 1 aromatic carbocycles. The van der Waals surface area contributed by atoms with Crippen LogP contribution in [0.25, 0.3) is 0 Å². The lowest BCUT2D eigenvalue weighted by atomic mass is 10.1. The number of rotatable bonds is 4. The Kier molecular flexibility index (Phi) is 4.91. The Labute approximate surface area is 142 Å². The van der Waals surface area contributed by atoms with Crippen molar-refractivity contribution in [3.8, 4) is 0 Å². The number of ether oxygens (including phenoxy) is 1. The van der Waals surface area contributed by atoms with Crippen molar-refractivity contribution in [2.24, 2.45) is 0 Å². The standard InChI is InChI=1S/C16H17N3O6/c20-8-10-12(21)13(22)15(25-10)19-7-6-11(18-16(19)24)17-14(23)9-4-2-1-3-5-9/h1-7,10,12-13,15,20-22H,8H2,(H,17,18,23,24)/t10-,12?,13?,15-/m0/s1. The number of nitrogens with one attached hydrogen (secondary N) is 1. The maximum absolute atomic E-state index is 12.2. The van der Waals surface area contributed by atoms with E-state index in [-0.39, 0.29) is 5.82 Å². The van der Waals surface area contributed by atoms with Crippen LogP contribution in [-0.2, 0) is 4.74 Å². The van der Waals surface area contributed by atoms with Gasteiger partial charge >= 0.3 is 5.69 Å². The van der Waals surface area contributed by atoms with E-state index in [1.54, 1.807) is 30.3 Å². The van der Waals surface area contributed by atoms with Crippen LogP contribution in [0.1, 0.15) is 16.6 Å². The highest BCUT2D eigenvalue weighted by Crippen LogP contribution is 2.28. The number of amides is 1. The molecule has 9 nitrogen and oxygen atoms in total. The number of nitrogens with zero attached hydrogens (tertiary/aromatic N) is 2. The Balaban J connectivity index is 1.78. The monoisotopic (exact) mass is 347 g/mol. The van der Waals surface area contributed by atoms with E-state index in [1.807, 2.05) is 0 Å². The Bertz CT molecular complexity index is 809. The summed E-state index contributed by atoms with van der Waals surface area (Å²) in [7, 11) is 0. The number of aromatic nitrogens is 2. The third-order valence-corrected chi connectivity index (χ3v) is 3.90. The molecule has 1 fully saturated rings. The fourth-order valence-electron chi connectivity index (χ4n) is 2.56. The van der Waals surface area contributed by atoms with Crippen molar-refractivity contribution < 1.29 is 24.9 Å². The molecule has 4 N–H and O–H groups in total. The summed E-state index contributed by atoms with van der Waals surface area (Å²) in [6.45, 7) is -0.498. The van der Waals surface area contributed by atoms with Crippen LogP contribution < -0.4 is 11.0 Å². The van der Waals surface area contributed by atoms with E-state index in [0.29, 0.717) is 5.56 Å². The first-order valence-corrected chi connectivity index (χ1v) is 7.59. The number of carbonyl (C=O) groups excluding carboxylic acids is 1. The molecular weight excluding hydrogens is 330 g/mol. The highest BCUT2D eigenvalue weighted by atomic mass is 16.6. The van der Waals surface area contributed by atoms with Crippen LogP contribution in [-0.4, -0.2) is 55.7 Å². The molecule has 0 aliphatic carbocycles. The molecule has 0 radical (unpaired) electrons. The lowest BCUT2D eigenvalue weighted by Crippen LogP contribution is -2.36. The highest BCUT2D eigenvalue weighted by molar-refractivity contribution is 6.03. The van der Waals surface area contributed by atoms with Gasteiger partial charge in [0.2, 0.25) is 0 Å². The molecule has 1 aromatic heterocycles. The fraction of sp³-hybridized carbons (Fsp3) is 0.312. The summed E-state index contributed by atoms with van der Waals surface area (Å²) >= 11 is 0. The predicted molar refractivity (Wildman–Crippen MR) is 85.9 cm³/mol. The second-order valence-corrected chi connectivity index (χ2v) is 5.55. The van der Waals surface area contributed by atoms with Crippen LogP contribution in [0, 0.1) is 0 Å². The summed E-state index contributed by atoms with van der Waals surface area (Å²) in [5.74, 6) is -0.375. The summed E-state index contributed by atoms with van der Waals surface area (Å²) in [5.41, 5.74) is -0.363. The molecule has 9 heteroatoms. The zero-order valence-corrected chi connectivity index (χ0v) is 13.0. The van der Waals surface area contributed by atoms with Crippen LogP contribution in [0.3, 0.4) is 0 Å². The van der Waals surface area contributed by atoms with Gasteiger partial charge in [0.1, 0.15) is 24.1 Å². The fourth-order valence-corrected chi connectivity index (χ4v) is 2.56. The maximum atomic E-state index is 12.2. The minimum atomic E-state index is -1.39. The van der Waals surface area contributed by atoms with Gasteiger partial charge in [-0.1, -0.05) is 18.2 Å². The first-order valence-electron chi connectivity index (χ1n) is 7.59. The van der Waals surface area contributed by atoms with Gasteiger partial charge in [-0.3, -0.25) is 9.36 Å². The molecule has 1 amide bonds. The molecule has 1 aliphatic heterocycles. The minimum Gasteiger partial charge on any atom is -0.394 e. The number of aliphatic hydroxyl groups is 3. The van der Waals surface area contributed by atoms with Gasteiger partial charge in [-0.15, -0.1) is 0 Å².